The first-order valence-corrected chi connectivity index (χ1v) is 12.2. The van der Waals surface area contributed by atoms with Crippen molar-refractivity contribution in [3.05, 3.63) is 103 Å². The Balaban J connectivity index is 1.55. The molecule has 0 fully saturated rings. The van der Waals surface area contributed by atoms with Crippen LogP contribution in [0, 0.1) is 0 Å². The van der Waals surface area contributed by atoms with E-state index >= 15 is 0 Å². The van der Waals surface area contributed by atoms with Gasteiger partial charge in [-0.3, -0.25) is 0 Å². The minimum absolute atomic E-state index is 0.00956. The van der Waals surface area contributed by atoms with Gasteiger partial charge in [-0.05, 0) is 22.7 Å². The molecular formula is C30H19BO2S. The zero-order valence-electron chi connectivity index (χ0n) is 18.3. The van der Waals surface area contributed by atoms with Gasteiger partial charge in [0.25, 0.3) is 0 Å². The van der Waals surface area contributed by atoms with Gasteiger partial charge in [-0.15, -0.1) is 11.3 Å². The predicted molar refractivity (Wildman–Crippen MR) is 146 cm³/mol. The van der Waals surface area contributed by atoms with Crippen LogP contribution in [0.1, 0.15) is 0 Å². The van der Waals surface area contributed by atoms with Crippen molar-refractivity contribution >= 4 is 66.4 Å². The molecule has 34 heavy (non-hydrogen) atoms. The average Bonchev–Trinajstić information content (AvgIpc) is 3.47. The number of thiophene rings is 1. The molecule has 0 aliphatic rings. The van der Waals surface area contributed by atoms with Crippen LogP contribution in [0.4, 0.5) is 0 Å². The summed E-state index contributed by atoms with van der Waals surface area (Å²) >= 11 is 1.85. The van der Waals surface area contributed by atoms with Crippen molar-refractivity contribution in [3.8, 4) is 22.3 Å². The largest absolute Gasteiger partial charge is 0.455 e. The highest BCUT2D eigenvalue weighted by Crippen LogP contribution is 2.45. The predicted octanol–water partition coefficient (Wildman–Crippen LogP) is 7.26. The molecule has 0 radical (unpaired) electrons. The fourth-order valence-corrected chi connectivity index (χ4v) is 6.51. The number of benzene rings is 5. The average molecular weight is 454 g/mol. The van der Waals surface area contributed by atoms with Crippen LogP contribution < -0.4 is 5.46 Å². The maximum Gasteiger partial charge on any atom is 0.305 e. The van der Waals surface area contributed by atoms with Crippen LogP contribution in [-0.2, 0) is 0 Å². The molecular weight excluding hydrogens is 435 g/mol. The molecule has 1 N–H and O–H groups in total. The van der Waals surface area contributed by atoms with Crippen molar-refractivity contribution in [2.45, 2.75) is 0 Å². The van der Waals surface area contributed by atoms with E-state index in [4.69, 9.17) is 4.42 Å². The van der Waals surface area contributed by atoms with Gasteiger partial charge >= 0.3 is 7.48 Å². The van der Waals surface area contributed by atoms with Gasteiger partial charge in [0.05, 0.1) is 0 Å². The second-order valence-electron chi connectivity index (χ2n) is 8.57. The number of rotatable bonds is 3. The van der Waals surface area contributed by atoms with E-state index in [1.165, 1.54) is 36.9 Å². The van der Waals surface area contributed by atoms with Gasteiger partial charge in [0.2, 0.25) is 0 Å². The Morgan fingerprint density at radius 1 is 0.588 bits per heavy atom. The third-order valence-electron chi connectivity index (χ3n) is 6.68. The molecule has 0 saturated heterocycles. The van der Waals surface area contributed by atoms with Crippen molar-refractivity contribution in [1.82, 2.24) is 0 Å². The van der Waals surface area contributed by atoms with Gasteiger partial charge in [-0.25, -0.2) is 0 Å². The van der Waals surface area contributed by atoms with E-state index in [1.54, 1.807) is 0 Å². The van der Waals surface area contributed by atoms with Crippen LogP contribution >= 0.6 is 11.3 Å². The topological polar surface area (TPSA) is 33.4 Å². The first kappa shape index (κ1) is 19.6. The third-order valence-corrected chi connectivity index (χ3v) is 7.97. The van der Waals surface area contributed by atoms with Crippen LogP contribution in [0.3, 0.4) is 0 Å². The lowest BCUT2D eigenvalue weighted by Crippen LogP contribution is -2.13. The standard InChI is InChI=1S/C30H19BO2S/c32-31-25-16-7-17-26-27(25)24-15-5-11-20(28(24)33-26)21-12-6-14-23-22-13-4-10-19(29(22)34-30(21)23)18-8-2-1-3-9-18/h1-17,31-32H. The first-order valence-electron chi connectivity index (χ1n) is 11.4. The minimum Gasteiger partial charge on any atom is -0.455 e. The lowest BCUT2D eigenvalue weighted by atomic mass is 9.85. The first-order chi connectivity index (χ1) is 16.8. The van der Waals surface area contributed by atoms with Gasteiger partial charge in [0.15, 0.2) is 0 Å². The summed E-state index contributed by atoms with van der Waals surface area (Å²) in [5.74, 6) is 0. The number of para-hydroxylation sites is 1. The zero-order valence-corrected chi connectivity index (χ0v) is 19.1. The van der Waals surface area contributed by atoms with Crippen LogP contribution in [0.15, 0.2) is 108 Å². The van der Waals surface area contributed by atoms with E-state index in [-0.39, 0.29) is 7.48 Å². The van der Waals surface area contributed by atoms with Crippen molar-refractivity contribution in [3.63, 3.8) is 0 Å². The van der Waals surface area contributed by atoms with Gasteiger partial charge in [-0.2, -0.15) is 0 Å². The molecule has 5 aromatic carbocycles. The summed E-state index contributed by atoms with van der Waals surface area (Å²) in [6, 6.07) is 35.9. The summed E-state index contributed by atoms with van der Waals surface area (Å²) < 4.78 is 8.95. The summed E-state index contributed by atoms with van der Waals surface area (Å²) in [5.41, 5.74) is 7.32. The highest BCUT2D eigenvalue weighted by Gasteiger charge is 2.18. The van der Waals surface area contributed by atoms with Crippen LogP contribution in [-0.4, -0.2) is 12.5 Å². The molecule has 0 unspecified atom stereocenters. The molecule has 2 aromatic heterocycles. The highest BCUT2D eigenvalue weighted by molar-refractivity contribution is 7.26. The Kier molecular flexibility index (Phi) is 4.38. The lowest BCUT2D eigenvalue weighted by Gasteiger charge is -2.05. The second-order valence-corrected chi connectivity index (χ2v) is 9.59. The Bertz CT molecular complexity index is 1850. The summed E-state index contributed by atoms with van der Waals surface area (Å²) in [5, 5.41) is 14.5. The quantitative estimate of drug-likeness (QED) is 0.285. The van der Waals surface area contributed by atoms with Gasteiger partial charge in [-0.1, -0.05) is 97.1 Å². The fourth-order valence-electron chi connectivity index (χ4n) is 5.14. The molecule has 0 spiro atoms. The third kappa shape index (κ3) is 2.79. The molecule has 160 valence electrons. The fraction of sp³-hybridized carbons (Fsp3) is 0. The second kappa shape index (κ2) is 7.59. The Morgan fingerprint density at radius 3 is 2.00 bits per heavy atom. The number of fused-ring (bicyclic) bond motifs is 6. The Labute approximate surface area is 201 Å². The van der Waals surface area contributed by atoms with Crippen molar-refractivity contribution in [2.24, 2.45) is 0 Å². The Morgan fingerprint density at radius 2 is 1.24 bits per heavy atom. The molecule has 7 aromatic rings. The van der Waals surface area contributed by atoms with Gasteiger partial charge < -0.3 is 9.44 Å². The van der Waals surface area contributed by atoms with Crippen molar-refractivity contribution in [1.29, 1.82) is 0 Å². The zero-order chi connectivity index (χ0) is 22.6. The highest BCUT2D eigenvalue weighted by atomic mass is 32.1. The molecule has 0 aliphatic carbocycles. The van der Waals surface area contributed by atoms with E-state index in [9.17, 15) is 5.02 Å². The molecule has 2 nitrogen and oxygen atoms in total. The number of hydrogen-bond acceptors (Lipinski definition) is 3. The summed E-state index contributed by atoms with van der Waals surface area (Å²) in [6.45, 7) is 0. The summed E-state index contributed by atoms with van der Waals surface area (Å²) in [6.07, 6.45) is 0. The smallest absolute Gasteiger partial charge is 0.305 e. The monoisotopic (exact) mass is 454 g/mol. The van der Waals surface area contributed by atoms with E-state index in [0.29, 0.717) is 0 Å². The summed E-state index contributed by atoms with van der Waals surface area (Å²) in [4.78, 5) is 0. The molecule has 0 aliphatic heterocycles. The maximum absolute atomic E-state index is 9.90. The van der Waals surface area contributed by atoms with Crippen LogP contribution in [0.2, 0.25) is 0 Å². The lowest BCUT2D eigenvalue weighted by molar-refractivity contribution is 0.615. The maximum atomic E-state index is 9.90. The SMILES string of the molecule is OBc1cccc2oc3c(-c4cccc5c4sc4c(-c6ccccc6)cccc45)cccc3c12. The van der Waals surface area contributed by atoms with E-state index in [2.05, 4.69) is 84.9 Å². The Hall–Kier alpha value is -3.86. The molecule has 2 heterocycles. The molecule has 4 heteroatoms. The van der Waals surface area contributed by atoms with E-state index in [1.807, 2.05) is 29.5 Å². The van der Waals surface area contributed by atoms with E-state index < -0.39 is 0 Å². The van der Waals surface area contributed by atoms with Crippen molar-refractivity contribution < 1.29 is 9.44 Å². The number of furan rings is 1. The van der Waals surface area contributed by atoms with E-state index in [0.717, 1.165) is 33.0 Å². The van der Waals surface area contributed by atoms with Gasteiger partial charge in [0, 0.05) is 42.1 Å². The molecule has 0 amide bonds. The van der Waals surface area contributed by atoms with Crippen LogP contribution in [0.5, 0.6) is 0 Å². The minimum atomic E-state index is -0.00956. The van der Waals surface area contributed by atoms with Crippen LogP contribution in [0.25, 0.3) is 64.4 Å². The molecule has 0 atom stereocenters. The van der Waals surface area contributed by atoms with Crippen molar-refractivity contribution in [2.75, 3.05) is 0 Å². The molecule has 7 rings (SSSR count). The normalized spacial score (nSPS) is 11.7. The number of hydrogen-bond donors (Lipinski definition) is 1. The molecule has 0 saturated carbocycles. The summed E-state index contributed by atoms with van der Waals surface area (Å²) in [7, 11) is -0.00956. The van der Waals surface area contributed by atoms with Gasteiger partial charge in [0.1, 0.15) is 11.2 Å². The molecule has 0 bridgehead atoms.